The number of hydrogen-bond donors (Lipinski definition) is 0. The fourth-order valence-electron chi connectivity index (χ4n) is 14.9. The molecule has 0 saturated carbocycles. The van der Waals surface area contributed by atoms with Crippen LogP contribution in [0, 0.1) is 0 Å². The zero-order chi connectivity index (χ0) is 66.8. The van der Waals surface area contributed by atoms with Gasteiger partial charge in [-0.25, -0.2) is 0 Å². The van der Waals surface area contributed by atoms with Crippen molar-refractivity contribution >= 4 is 70.4 Å². The van der Waals surface area contributed by atoms with Gasteiger partial charge in [-0.1, -0.05) is 258 Å². The molecule has 0 spiro atoms. The topological polar surface area (TPSA) is 17.4 Å². The maximum Gasteiger partial charge on any atom is 0.134 e. The molecule has 0 N–H and O–H groups in total. The molecule has 4 heterocycles. The van der Waals surface area contributed by atoms with Crippen molar-refractivity contribution in [1.82, 2.24) is 4.57 Å². The van der Waals surface area contributed by atoms with Gasteiger partial charge < -0.3 is 14.2 Å². The molecule has 2 aliphatic heterocycles. The van der Waals surface area contributed by atoms with Gasteiger partial charge in [-0.15, -0.1) is 11.3 Å². The summed E-state index contributed by atoms with van der Waals surface area (Å²) < 4.78 is 12.8. The number of aromatic nitrogens is 1. The summed E-state index contributed by atoms with van der Waals surface area (Å²) in [5, 5.41) is 5.06. The zero-order valence-corrected chi connectivity index (χ0v) is 59.8. The van der Waals surface area contributed by atoms with Crippen molar-refractivity contribution in [2.75, 3.05) is 4.90 Å². The van der Waals surface area contributed by atoms with E-state index in [-0.39, 0.29) is 38.4 Å². The van der Waals surface area contributed by atoms with E-state index in [1.54, 1.807) is 0 Å². The summed E-state index contributed by atoms with van der Waals surface area (Å²) in [5.74, 6) is 1.50. The minimum atomic E-state index is -0.248. The number of rotatable bonds is 6. The van der Waals surface area contributed by atoms with Gasteiger partial charge in [0.25, 0.3) is 0 Å². The minimum absolute atomic E-state index is 0.0397. The second-order valence-corrected chi connectivity index (χ2v) is 34.6. The van der Waals surface area contributed by atoms with Crippen LogP contribution in [-0.2, 0) is 32.5 Å². The van der Waals surface area contributed by atoms with E-state index in [0.717, 1.165) is 56.5 Å². The van der Waals surface area contributed by atoms with Gasteiger partial charge in [-0.2, -0.15) is 0 Å². The zero-order valence-electron chi connectivity index (χ0n) is 59.0. The first-order valence-corrected chi connectivity index (χ1v) is 35.1. The van der Waals surface area contributed by atoms with Crippen LogP contribution in [0.15, 0.2) is 212 Å². The highest BCUT2D eigenvalue weighted by Crippen LogP contribution is 2.64. The highest BCUT2D eigenvalue weighted by atomic mass is 32.1. The molecule has 4 heteroatoms. The molecule has 0 amide bonds. The number of fused-ring (bicyclic) bond motifs is 10. The number of hydrogen-bond acceptors (Lipinski definition) is 3. The van der Waals surface area contributed by atoms with E-state index in [4.69, 9.17) is 4.74 Å². The molecule has 95 heavy (non-hydrogen) atoms. The Labute approximate surface area is 568 Å². The molecule has 1 atom stereocenters. The van der Waals surface area contributed by atoms with E-state index in [0.29, 0.717) is 0 Å². The molecule has 13 aromatic rings. The first kappa shape index (κ1) is 62.2. The summed E-state index contributed by atoms with van der Waals surface area (Å²) in [4.78, 5) is 2.68. The molecule has 2 aliphatic rings. The fourth-order valence-corrected chi connectivity index (χ4v) is 16.0. The van der Waals surface area contributed by atoms with E-state index in [9.17, 15) is 0 Å². The Kier molecular flexibility index (Phi) is 14.3. The van der Waals surface area contributed by atoms with Crippen molar-refractivity contribution in [3.8, 4) is 61.7 Å². The van der Waals surface area contributed by atoms with E-state index in [1.807, 2.05) is 11.3 Å². The highest BCUT2D eigenvalue weighted by Gasteiger charge is 2.43. The van der Waals surface area contributed by atoms with Gasteiger partial charge >= 0.3 is 0 Å². The molecule has 0 aliphatic carbocycles. The third kappa shape index (κ3) is 10.7. The smallest absolute Gasteiger partial charge is 0.134 e. The van der Waals surface area contributed by atoms with Crippen molar-refractivity contribution in [3.63, 3.8) is 0 Å². The van der Waals surface area contributed by atoms with Crippen LogP contribution in [0.5, 0.6) is 11.5 Å². The summed E-state index contributed by atoms with van der Waals surface area (Å²) in [7, 11) is 0. The van der Waals surface area contributed by atoms with Gasteiger partial charge in [0.15, 0.2) is 0 Å². The second-order valence-electron chi connectivity index (χ2n) is 33.5. The molecule has 1 unspecified atom stereocenters. The Balaban J connectivity index is 1.11. The average Bonchev–Trinajstić information content (AvgIpc) is 1.43. The molecule has 476 valence electrons. The van der Waals surface area contributed by atoms with E-state index < -0.39 is 0 Å². The molecule has 11 aromatic carbocycles. The molecule has 0 radical (unpaired) electrons. The van der Waals surface area contributed by atoms with Crippen molar-refractivity contribution in [1.29, 1.82) is 0 Å². The van der Waals surface area contributed by atoms with Gasteiger partial charge in [0.1, 0.15) is 11.5 Å². The van der Waals surface area contributed by atoms with E-state index >= 15 is 0 Å². The standard InChI is InChI=1S/C91H90N2OS/c1-86(2,3)60-34-37-73-69(50-60)70-51-61(87(4,5)6)35-38-74(70)92(73)66-36-39-75-71(52-66)82-72-45-56(57-41-62(88(7,8)9)48-63(42-57)89(10,11)12)33-40-77(72)94-78-47-59(58-43-64(90(13,14)15)49-65(44-58)91(16,17)18)46-76(84(78)82)93(75)85-68(54-27-21-19-22-28-54)53-80-83(67-31-25-26-32-79(67)95-80)81(85)55-29-23-20-24-30-55/h19-53,82H,1-18H3. The third-order valence-corrected chi connectivity index (χ3v) is 21.6. The second kappa shape index (κ2) is 21.8. The predicted octanol–water partition coefficient (Wildman–Crippen LogP) is 26.7. The number of thiophene rings is 1. The fraction of sp³-hybridized carbons (Fsp3) is 0.275. The maximum absolute atomic E-state index is 7.74. The van der Waals surface area contributed by atoms with Gasteiger partial charge in [-0.3, -0.25) is 0 Å². The van der Waals surface area contributed by atoms with E-state index in [2.05, 4.69) is 346 Å². The van der Waals surface area contributed by atoms with Crippen LogP contribution in [0.3, 0.4) is 0 Å². The maximum atomic E-state index is 7.74. The Morgan fingerprint density at radius 2 is 0.842 bits per heavy atom. The van der Waals surface area contributed by atoms with Gasteiger partial charge in [-0.05, 0) is 184 Å². The summed E-state index contributed by atoms with van der Waals surface area (Å²) >= 11 is 1.89. The first-order valence-electron chi connectivity index (χ1n) is 34.3. The average molecular weight is 1260 g/mol. The molecule has 0 fully saturated rings. The molecular formula is C91H90N2OS. The monoisotopic (exact) mass is 1260 g/mol. The van der Waals surface area contributed by atoms with Crippen molar-refractivity contribution < 1.29 is 4.74 Å². The molecule has 0 saturated heterocycles. The van der Waals surface area contributed by atoms with Gasteiger partial charge in [0.05, 0.1) is 28.1 Å². The summed E-state index contributed by atoms with van der Waals surface area (Å²) in [6.07, 6.45) is 0. The Hall–Kier alpha value is -8.96. The van der Waals surface area contributed by atoms with Crippen molar-refractivity contribution in [2.45, 2.75) is 163 Å². The lowest BCUT2D eigenvalue weighted by Crippen LogP contribution is -2.26. The van der Waals surface area contributed by atoms with Crippen LogP contribution in [0.4, 0.5) is 17.1 Å². The molecular weight excluding hydrogens is 1170 g/mol. The van der Waals surface area contributed by atoms with Crippen LogP contribution in [0.2, 0.25) is 0 Å². The number of nitrogens with zero attached hydrogens (tertiary/aromatic N) is 2. The minimum Gasteiger partial charge on any atom is -0.457 e. The summed E-state index contributed by atoms with van der Waals surface area (Å²) in [6, 6.07) is 82.5. The first-order chi connectivity index (χ1) is 44.9. The van der Waals surface area contributed by atoms with Gasteiger partial charge in [0.2, 0.25) is 0 Å². The summed E-state index contributed by atoms with van der Waals surface area (Å²) in [6.45, 7) is 42.1. The molecule has 2 aromatic heterocycles. The largest absolute Gasteiger partial charge is 0.457 e. The molecule has 3 nitrogen and oxygen atoms in total. The third-order valence-electron chi connectivity index (χ3n) is 20.5. The number of anilines is 3. The van der Waals surface area contributed by atoms with Crippen LogP contribution in [0.25, 0.3) is 92.2 Å². The summed E-state index contributed by atoms with van der Waals surface area (Å²) in [5.41, 5.74) is 27.3. The van der Waals surface area contributed by atoms with Crippen molar-refractivity contribution in [3.05, 3.63) is 262 Å². The van der Waals surface area contributed by atoms with Crippen LogP contribution in [-0.4, -0.2) is 4.57 Å². The van der Waals surface area contributed by atoms with Crippen molar-refractivity contribution in [2.24, 2.45) is 0 Å². The quantitative estimate of drug-likeness (QED) is 0.165. The van der Waals surface area contributed by atoms with E-state index in [1.165, 1.54) is 114 Å². The number of benzene rings is 11. The lowest BCUT2D eigenvalue weighted by Gasteiger charge is -2.43. The van der Waals surface area contributed by atoms with Gasteiger partial charge in [0, 0.05) is 64.8 Å². The number of ether oxygens (including phenoxy) is 1. The Bertz CT molecular complexity index is 5120. The lowest BCUT2D eigenvalue weighted by molar-refractivity contribution is 0.452. The molecule has 15 rings (SSSR count). The highest BCUT2D eigenvalue weighted by molar-refractivity contribution is 7.26. The Morgan fingerprint density at radius 1 is 0.337 bits per heavy atom. The normalized spacial score (nSPS) is 14.4. The Morgan fingerprint density at radius 3 is 1.39 bits per heavy atom. The lowest BCUT2D eigenvalue weighted by atomic mass is 9.75. The SMILES string of the molecule is CC(C)(C)c1cc(-c2ccc3c(c2)C2c4cc(-n5c6ccc(C(C)(C)C)cc6c6cc(C(C)(C)C)ccc65)ccc4N(c4c(-c5ccccc5)cc5sc6ccccc6c5c4-c4ccccc4)c4cc(-c5cc(C(C)(C)C)cc(C(C)(C)C)c5)cc(c42)O3)cc(C(C)(C)C)c1. The predicted molar refractivity (Wildman–Crippen MR) is 410 cm³/mol. The van der Waals surface area contributed by atoms with Crippen LogP contribution >= 0.6 is 11.3 Å². The van der Waals surface area contributed by atoms with Crippen LogP contribution < -0.4 is 9.64 Å². The molecule has 0 bridgehead atoms. The van der Waals surface area contributed by atoms with Crippen LogP contribution in [0.1, 0.15) is 181 Å².